The molecule has 1 aromatic rings. The van der Waals surface area contributed by atoms with E-state index < -0.39 is 8.56 Å². The Morgan fingerprint density at radius 2 is 1.56 bits per heavy atom. The van der Waals surface area contributed by atoms with Gasteiger partial charge in [-0.05, 0) is 38.1 Å². The highest BCUT2D eigenvalue weighted by Gasteiger charge is 2.30. The summed E-state index contributed by atoms with van der Waals surface area (Å²) in [6.45, 7) is 7.29. The minimum absolute atomic E-state index is 0.208. The molecule has 2 nitrogen and oxygen atoms in total. The van der Waals surface area contributed by atoms with E-state index in [9.17, 15) is 4.39 Å². The molecule has 0 heterocycles. The third kappa shape index (κ3) is 4.04. The summed E-state index contributed by atoms with van der Waals surface area (Å²) in [4.78, 5) is 0. The first-order chi connectivity index (χ1) is 7.59. The molecule has 0 aliphatic carbocycles. The fourth-order valence-corrected chi connectivity index (χ4v) is 4.21. The topological polar surface area (TPSA) is 18.5 Å². The van der Waals surface area contributed by atoms with Crippen LogP contribution in [0.15, 0.2) is 24.3 Å². The molecule has 0 N–H and O–H groups in total. The van der Waals surface area contributed by atoms with Gasteiger partial charge in [-0.1, -0.05) is 12.1 Å². The van der Waals surface area contributed by atoms with Crippen molar-refractivity contribution in [1.29, 1.82) is 0 Å². The minimum atomic E-state index is -2.13. The van der Waals surface area contributed by atoms with Gasteiger partial charge in [0.2, 0.25) is 0 Å². The highest BCUT2D eigenvalue weighted by atomic mass is 28.4. The van der Waals surface area contributed by atoms with Crippen molar-refractivity contribution in [3.63, 3.8) is 0 Å². The lowest BCUT2D eigenvalue weighted by Gasteiger charge is -2.26. The molecule has 90 valence electrons. The molecular weight excluding hydrogens is 223 g/mol. The van der Waals surface area contributed by atoms with E-state index in [-0.39, 0.29) is 5.82 Å². The number of halogens is 1. The summed E-state index contributed by atoms with van der Waals surface area (Å²) >= 11 is 0. The first kappa shape index (κ1) is 13.4. The predicted molar refractivity (Wildman–Crippen MR) is 65.0 cm³/mol. The van der Waals surface area contributed by atoms with Crippen LogP contribution in [0.25, 0.3) is 0 Å². The average molecular weight is 242 g/mol. The van der Waals surface area contributed by atoms with Crippen LogP contribution in [0.1, 0.15) is 19.4 Å². The molecule has 0 spiro atoms. The van der Waals surface area contributed by atoms with Crippen molar-refractivity contribution in [2.24, 2.45) is 0 Å². The molecule has 1 aromatic carbocycles. The van der Waals surface area contributed by atoms with Gasteiger partial charge >= 0.3 is 8.56 Å². The van der Waals surface area contributed by atoms with E-state index in [1.54, 1.807) is 12.1 Å². The largest absolute Gasteiger partial charge is 0.394 e. The molecule has 0 aliphatic rings. The van der Waals surface area contributed by atoms with E-state index in [1.165, 1.54) is 12.1 Å². The molecule has 0 saturated heterocycles. The first-order valence-electron chi connectivity index (χ1n) is 5.62. The number of hydrogen-bond donors (Lipinski definition) is 0. The zero-order valence-electron chi connectivity index (χ0n) is 10.1. The highest BCUT2D eigenvalue weighted by Crippen LogP contribution is 2.15. The molecule has 0 aliphatic heterocycles. The van der Waals surface area contributed by atoms with Crippen LogP contribution in [-0.2, 0) is 14.9 Å². The Kier molecular flexibility index (Phi) is 5.11. The van der Waals surface area contributed by atoms with Crippen LogP contribution in [0.2, 0.25) is 6.55 Å². The second kappa shape index (κ2) is 6.13. The van der Waals surface area contributed by atoms with Gasteiger partial charge in [-0.25, -0.2) is 4.39 Å². The molecule has 0 amide bonds. The van der Waals surface area contributed by atoms with E-state index >= 15 is 0 Å². The first-order valence-corrected chi connectivity index (χ1v) is 8.14. The molecule has 0 atom stereocenters. The number of hydrogen-bond acceptors (Lipinski definition) is 2. The van der Waals surface area contributed by atoms with E-state index in [2.05, 4.69) is 0 Å². The second-order valence-corrected chi connectivity index (χ2v) is 7.00. The van der Waals surface area contributed by atoms with Gasteiger partial charge in [0.05, 0.1) is 0 Å². The van der Waals surface area contributed by atoms with Crippen LogP contribution in [-0.4, -0.2) is 21.8 Å². The maximum absolute atomic E-state index is 12.8. The maximum Gasteiger partial charge on any atom is 0.339 e. The Bertz CT molecular complexity index is 307. The molecule has 0 aromatic heterocycles. The SMILES string of the molecule is CCO[Si](C)(Cc1ccc(F)cc1)OCC. The zero-order valence-corrected chi connectivity index (χ0v) is 11.1. The average Bonchev–Trinajstić information content (AvgIpc) is 2.22. The summed E-state index contributed by atoms with van der Waals surface area (Å²) in [5.74, 6) is -0.208. The van der Waals surface area contributed by atoms with E-state index in [0.29, 0.717) is 13.2 Å². The van der Waals surface area contributed by atoms with Gasteiger partial charge in [0, 0.05) is 19.3 Å². The fourth-order valence-electron chi connectivity index (χ4n) is 1.73. The van der Waals surface area contributed by atoms with Crippen LogP contribution < -0.4 is 0 Å². The third-order valence-corrected chi connectivity index (χ3v) is 5.19. The van der Waals surface area contributed by atoms with Crippen molar-refractivity contribution in [2.45, 2.75) is 26.4 Å². The van der Waals surface area contributed by atoms with Crippen LogP contribution in [0, 0.1) is 5.82 Å². The predicted octanol–water partition coefficient (Wildman–Crippen LogP) is 3.05. The van der Waals surface area contributed by atoms with Crippen molar-refractivity contribution in [3.8, 4) is 0 Å². The summed E-state index contributed by atoms with van der Waals surface area (Å²) in [7, 11) is -2.13. The Morgan fingerprint density at radius 3 is 2.00 bits per heavy atom. The maximum atomic E-state index is 12.8. The van der Waals surface area contributed by atoms with Gasteiger partial charge in [-0.3, -0.25) is 0 Å². The Labute approximate surface area is 97.6 Å². The number of rotatable bonds is 6. The van der Waals surface area contributed by atoms with E-state index in [1.807, 2.05) is 20.4 Å². The lowest BCUT2D eigenvalue weighted by Crippen LogP contribution is -2.41. The lowest BCUT2D eigenvalue weighted by atomic mass is 10.2. The van der Waals surface area contributed by atoms with Crippen LogP contribution in [0.5, 0.6) is 0 Å². The summed E-state index contributed by atoms with van der Waals surface area (Å²) in [6, 6.07) is 7.29. The van der Waals surface area contributed by atoms with Gasteiger partial charge in [0.1, 0.15) is 5.82 Å². The van der Waals surface area contributed by atoms with Gasteiger partial charge < -0.3 is 8.85 Å². The van der Waals surface area contributed by atoms with Crippen molar-refractivity contribution in [3.05, 3.63) is 35.6 Å². The van der Waals surface area contributed by atoms with Crippen molar-refractivity contribution < 1.29 is 13.2 Å². The minimum Gasteiger partial charge on any atom is -0.394 e. The Hall–Kier alpha value is -0.713. The summed E-state index contributed by atoms with van der Waals surface area (Å²) in [5.41, 5.74) is 1.07. The van der Waals surface area contributed by atoms with Crippen LogP contribution in [0.3, 0.4) is 0 Å². The number of benzene rings is 1. The zero-order chi connectivity index (χ0) is 12.0. The summed E-state index contributed by atoms with van der Waals surface area (Å²) in [6.07, 6.45) is 0. The molecule has 0 radical (unpaired) electrons. The van der Waals surface area contributed by atoms with Crippen LogP contribution >= 0.6 is 0 Å². The van der Waals surface area contributed by atoms with Crippen molar-refractivity contribution in [1.82, 2.24) is 0 Å². The van der Waals surface area contributed by atoms with Gasteiger partial charge in [-0.15, -0.1) is 0 Å². The molecule has 0 fully saturated rings. The molecule has 0 saturated carbocycles. The fraction of sp³-hybridized carbons (Fsp3) is 0.500. The van der Waals surface area contributed by atoms with Gasteiger partial charge in [-0.2, -0.15) is 0 Å². The van der Waals surface area contributed by atoms with E-state index in [4.69, 9.17) is 8.85 Å². The lowest BCUT2D eigenvalue weighted by molar-refractivity contribution is 0.188. The summed E-state index contributed by atoms with van der Waals surface area (Å²) < 4.78 is 24.2. The Balaban J connectivity index is 2.70. The third-order valence-electron chi connectivity index (χ3n) is 2.34. The molecule has 0 unspecified atom stereocenters. The normalized spacial score (nSPS) is 11.8. The van der Waals surface area contributed by atoms with Crippen molar-refractivity contribution >= 4 is 8.56 Å². The molecule has 1 rings (SSSR count). The molecule has 4 heteroatoms. The standard InChI is InChI=1S/C12H19FO2Si/c1-4-14-16(3,15-5-2)10-11-6-8-12(13)9-7-11/h6-9H,4-5,10H2,1-3H3. The molecule has 16 heavy (non-hydrogen) atoms. The van der Waals surface area contributed by atoms with Crippen molar-refractivity contribution in [2.75, 3.05) is 13.2 Å². The van der Waals surface area contributed by atoms with Gasteiger partial charge in [0.25, 0.3) is 0 Å². The summed E-state index contributed by atoms with van der Waals surface area (Å²) in [5, 5.41) is 0. The molecule has 0 bridgehead atoms. The smallest absolute Gasteiger partial charge is 0.339 e. The van der Waals surface area contributed by atoms with E-state index in [0.717, 1.165) is 11.6 Å². The Morgan fingerprint density at radius 1 is 1.06 bits per heavy atom. The highest BCUT2D eigenvalue weighted by molar-refractivity contribution is 6.65. The van der Waals surface area contributed by atoms with Crippen LogP contribution in [0.4, 0.5) is 4.39 Å². The quantitative estimate of drug-likeness (QED) is 0.714. The van der Waals surface area contributed by atoms with Gasteiger partial charge in [0.15, 0.2) is 0 Å². The monoisotopic (exact) mass is 242 g/mol. The molecular formula is C12H19FO2Si. The second-order valence-electron chi connectivity index (χ2n) is 3.80.